The van der Waals surface area contributed by atoms with E-state index in [9.17, 15) is 14.4 Å². The highest BCUT2D eigenvalue weighted by atomic mass is 16.5. The summed E-state index contributed by atoms with van der Waals surface area (Å²) in [5, 5.41) is 21.3. The van der Waals surface area contributed by atoms with E-state index >= 15 is 0 Å². The molecule has 0 aromatic heterocycles. The Morgan fingerprint density at radius 3 is 2.00 bits per heavy atom. The number of carbonyl (C=O) groups excluding carboxylic acids is 3. The highest BCUT2D eigenvalue weighted by molar-refractivity contribution is 5.98. The van der Waals surface area contributed by atoms with E-state index in [2.05, 4.69) is 21.3 Å². The van der Waals surface area contributed by atoms with Gasteiger partial charge in [-0.05, 0) is 68.0 Å². The number of rotatable bonds is 11. The van der Waals surface area contributed by atoms with Crippen LogP contribution in [0.4, 0.5) is 5.69 Å². The predicted octanol–water partition coefficient (Wildman–Crippen LogP) is 2.57. The van der Waals surface area contributed by atoms with Gasteiger partial charge in [0.1, 0.15) is 6.04 Å². The maximum Gasteiger partial charge on any atom is 0.267 e. The molecule has 2 fully saturated rings. The van der Waals surface area contributed by atoms with Crippen molar-refractivity contribution in [2.45, 2.75) is 69.6 Å². The van der Waals surface area contributed by atoms with E-state index in [0.717, 1.165) is 48.9 Å². The second-order valence-electron chi connectivity index (χ2n) is 9.72. The second kappa shape index (κ2) is 12.1. The summed E-state index contributed by atoms with van der Waals surface area (Å²) in [6.45, 7) is 2.13. The van der Waals surface area contributed by atoms with Gasteiger partial charge in [0.15, 0.2) is 0 Å². The van der Waals surface area contributed by atoms with Crippen LogP contribution in [-0.4, -0.2) is 53.6 Å². The molecule has 2 aliphatic carbocycles. The summed E-state index contributed by atoms with van der Waals surface area (Å²) in [5.74, 6) is -1.12. The van der Waals surface area contributed by atoms with E-state index in [0.29, 0.717) is 24.2 Å². The maximum absolute atomic E-state index is 12.8. The number of nitrogens with one attached hydrogen (secondary N) is 5. The van der Waals surface area contributed by atoms with Crippen LogP contribution in [0.15, 0.2) is 48.5 Å². The van der Waals surface area contributed by atoms with Gasteiger partial charge in [0, 0.05) is 29.4 Å². The highest BCUT2D eigenvalue weighted by Gasteiger charge is 2.30. The van der Waals surface area contributed by atoms with Crippen LogP contribution in [0.5, 0.6) is 0 Å². The number of carbonyl (C=O) groups is 3. The van der Waals surface area contributed by atoms with Crippen LogP contribution in [0.25, 0.3) is 11.1 Å². The van der Waals surface area contributed by atoms with E-state index in [4.69, 9.17) is 5.21 Å². The zero-order chi connectivity index (χ0) is 25.5. The van der Waals surface area contributed by atoms with E-state index < -0.39 is 17.9 Å². The summed E-state index contributed by atoms with van der Waals surface area (Å²) >= 11 is 0. The number of amides is 3. The first-order valence-corrected chi connectivity index (χ1v) is 12.7. The van der Waals surface area contributed by atoms with Crippen LogP contribution in [0.3, 0.4) is 0 Å². The SMILES string of the molecule is CC(NC1CCC1)C(NC(=O)c1ccc(-c2ccc(NC(=O)CNC3CCC3)cc2)cc1)C(=O)NO. The summed E-state index contributed by atoms with van der Waals surface area (Å²) < 4.78 is 0. The molecule has 9 heteroatoms. The molecule has 0 saturated heterocycles. The van der Waals surface area contributed by atoms with Crippen LogP contribution in [0.1, 0.15) is 55.8 Å². The van der Waals surface area contributed by atoms with E-state index in [-0.39, 0.29) is 11.9 Å². The first-order chi connectivity index (χ1) is 17.4. The van der Waals surface area contributed by atoms with Gasteiger partial charge in [-0.15, -0.1) is 0 Å². The van der Waals surface area contributed by atoms with Gasteiger partial charge in [-0.2, -0.15) is 0 Å². The molecule has 0 aliphatic heterocycles. The summed E-state index contributed by atoms with van der Waals surface area (Å²) in [5.41, 5.74) is 4.66. The van der Waals surface area contributed by atoms with Crippen LogP contribution in [-0.2, 0) is 9.59 Å². The average Bonchev–Trinajstić information content (AvgIpc) is 2.83. The zero-order valence-corrected chi connectivity index (χ0v) is 20.5. The Balaban J connectivity index is 1.32. The fourth-order valence-electron chi connectivity index (χ4n) is 4.37. The largest absolute Gasteiger partial charge is 0.339 e. The zero-order valence-electron chi connectivity index (χ0n) is 20.5. The van der Waals surface area contributed by atoms with Gasteiger partial charge in [-0.3, -0.25) is 19.6 Å². The van der Waals surface area contributed by atoms with Gasteiger partial charge in [-0.1, -0.05) is 37.1 Å². The van der Waals surface area contributed by atoms with Gasteiger partial charge in [-0.25, -0.2) is 5.48 Å². The van der Waals surface area contributed by atoms with E-state index in [1.165, 1.54) is 6.42 Å². The molecule has 4 rings (SSSR count). The quantitative estimate of drug-likeness (QED) is 0.211. The lowest BCUT2D eigenvalue weighted by Gasteiger charge is -2.33. The van der Waals surface area contributed by atoms with Crippen LogP contribution >= 0.6 is 0 Å². The first-order valence-electron chi connectivity index (χ1n) is 12.7. The maximum atomic E-state index is 12.8. The fraction of sp³-hybridized carbons (Fsp3) is 0.444. The van der Waals surface area contributed by atoms with Crippen molar-refractivity contribution in [1.29, 1.82) is 0 Å². The molecule has 2 saturated carbocycles. The molecule has 3 amide bonds. The summed E-state index contributed by atoms with van der Waals surface area (Å²) in [4.78, 5) is 37.1. The van der Waals surface area contributed by atoms with Crippen molar-refractivity contribution in [3.63, 3.8) is 0 Å². The molecule has 0 radical (unpaired) electrons. The molecule has 2 atom stereocenters. The fourth-order valence-corrected chi connectivity index (χ4v) is 4.37. The summed E-state index contributed by atoms with van der Waals surface area (Å²) in [7, 11) is 0. The van der Waals surface area contributed by atoms with Crippen LogP contribution < -0.4 is 26.7 Å². The van der Waals surface area contributed by atoms with E-state index in [1.54, 1.807) is 17.6 Å². The Labute approximate surface area is 211 Å². The van der Waals surface area contributed by atoms with Crippen molar-refractivity contribution in [3.05, 3.63) is 54.1 Å². The lowest BCUT2D eigenvalue weighted by Crippen LogP contribution is -2.58. The third-order valence-corrected chi connectivity index (χ3v) is 7.09. The predicted molar refractivity (Wildman–Crippen MR) is 138 cm³/mol. The molecule has 6 N–H and O–H groups in total. The summed E-state index contributed by atoms with van der Waals surface area (Å²) in [6, 6.07) is 14.2. The van der Waals surface area contributed by atoms with E-state index in [1.807, 2.05) is 43.3 Å². The monoisotopic (exact) mass is 493 g/mol. The lowest BCUT2D eigenvalue weighted by atomic mass is 9.91. The molecule has 2 aromatic carbocycles. The molecule has 192 valence electrons. The molecule has 0 bridgehead atoms. The normalized spacial score (nSPS) is 17.3. The Morgan fingerprint density at radius 1 is 0.889 bits per heavy atom. The lowest BCUT2D eigenvalue weighted by molar-refractivity contribution is -0.131. The molecule has 2 aliphatic rings. The van der Waals surface area contributed by atoms with Gasteiger partial charge < -0.3 is 21.3 Å². The molecular weight excluding hydrogens is 458 g/mol. The first kappa shape index (κ1) is 25.8. The van der Waals surface area contributed by atoms with Crippen LogP contribution in [0, 0.1) is 0 Å². The highest BCUT2D eigenvalue weighted by Crippen LogP contribution is 2.23. The third kappa shape index (κ3) is 6.69. The molecule has 2 unspecified atom stereocenters. The molecule has 0 spiro atoms. The molecule has 9 nitrogen and oxygen atoms in total. The van der Waals surface area contributed by atoms with Gasteiger partial charge >= 0.3 is 0 Å². The van der Waals surface area contributed by atoms with Gasteiger partial charge in [0.2, 0.25) is 5.91 Å². The molecular formula is C27H35N5O4. The Bertz CT molecular complexity index is 1050. The second-order valence-corrected chi connectivity index (χ2v) is 9.72. The molecule has 2 aromatic rings. The van der Waals surface area contributed by atoms with Crippen molar-refractivity contribution in [2.24, 2.45) is 0 Å². The van der Waals surface area contributed by atoms with Crippen molar-refractivity contribution in [1.82, 2.24) is 21.4 Å². The Kier molecular flexibility index (Phi) is 8.69. The topological polar surface area (TPSA) is 132 Å². The van der Waals surface area contributed by atoms with Gasteiger partial charge in [0.05, 0.1) is 6.54 Å². The number of benzene rings is 2. The minimum absolute atomic E-state index is 0.0598. The number of hydroxylamine groups is 1. The van der Waals surface area contributed by atoms with Crippen LogP contribution in [0.2, 0.25) is 0 Å². The number of hydrogen-bond acceptors (Lipinski definition) is 6. The van der Waals surface area contributed by atoms with Crippen molar-refractivity contribution in [2.75, 3.05) is 11.9 Å². The minimum atomic E-state index is -0.908. The average molecular weight is 494 g/mol. The Hall–Kier alpha value is -3.27. The Morgan fingerprint density at radius 2 is 1.47 bits per heavy atom. The smallest absolute Gasteiger partial charge is 0.267 e. The summed E-state index contributed by atoms with van der Waals surface area (Å²) in [6.07, 6.45) is 6.73. The minimum Gasteiger partial charge on any atom is -0.339 e. The number of anilines is 1. The number of hydrogen-bond donors (Lipinski definition) is 6. The molecule has 0 heterocycles. The standard InChI is InChI=1S/C27H35N5O4/c1-17(29-22-6-3-7-22)25(27(35)32-36)31-26(34)20-10-8-18(9-11-20)19-12-14-23(15-13-19)30-24(33)16-28-21-4-2-5-21/h8-15,17,21-22,25,28-29,36H,2-7,16H2,1H3,(H,30,33)(H,31,34)(H,32,35). The molecule has 36 heavy (non-hydrogen) atoms. The van der Waals surface area contributed by atoms with Crippen molar-refractivity contribution >= 4 is 23.4 Å². The van der Waals surface area contributed by atoms with Crippen molar-refractivity contribution < 1.29 is 19.6 Å². The third-order valence-electron chi connectivity index (χ3n) is 7.09. The van der Waals surface area contributed by atoms with Crippen molar-refractivity contribution in [3.8, 4) is 11.1 Å². The van der Waals surface area contributed by atoms with Gasteiger partial charge in [0.25, 0.3) is 11.8 Å².